The van der Waals surface area contributed by atoms with Gasteiger partial charge in [-0.2, -0.15) is 0 Å². The van der Waals surface area contributed by atoms with E-state index in [2.05, 4.69) is 10.3 Å². The number of nitrogens with zero attached hydrogens (tertiary/aromatic N) is 2. The summed E-state index contributed by atoms with van der Waals surface area (Å²) in [6, 6.07) is 8.27. The second kappa shape index (κ2) is 6.16. The molecular weight excluding hydrogens is 345 g/mol. The van der Waals surface area contributed by atoms with Crippen molar-refractivity contribution in [1.82, 2.24) is 14.7 Å². The molecule has 3 aromatic rings. The first-order valence-corrected chi connectivity index (χ1v) is 7.53. The van der Waals surface area contributed by atoms with Crippen LogP contribution in [-0.2, 0) is 6.54 Å². The van der Waals surface area contributed by atoms with E-state index in [9.17, 15) is 4.79 Å². The van der Waals surface area contributed by atoms with Gasteiger partial charge in [0.2, 0.25) is 0 Å². The first-order chi connectivity index (χ1) is 10.5. The smallest absolute Gasteiger partial charge is 0.251 e. The number of hydrogen-bond donors (Lipinski definition) is 1. The SMILES string of the molecule is O=C(NCc1cn2ccc(Cl)cc2n1)c1ccc(Cl)c(Cl)c1. The van der Waals surface area contributed by atoms with Crippen LogP contribution in [0.15, 0.2) is 42.7 Å². The van der Waals surface area contributed by atoms with Gasteiger partial charge in [0.05, 0.1) is 22.3 Å². The number of carbonyl (C=O) groups is 1. The number of amides is 1. The maximum Gasteiger partial charge on any atom is 0.251 e. The summed E-state index contributed by atoms with van der Waals surface area (Å²) in [5, 5.41) is 4.16. The fraction of sp³-hybridized carbons (Fsp3) is 0.0667. The Bertz CT molecular complexity index is 860. The first-order valence-electron chi connectivity index (χ1n) is 6.39. The highest BCUT2D eigenvalue weighted by Crippen LogP contribution is 2.22. The van der Waals surface area contributed by atoms with Gasteiger partial charge in [0.25, 0.3) is 5.91 Å². The zero-order valence-corrected chi connectivity index (χ0v) is 13.5. The van der Waals surface area contributed by atoms with Crippen LogP contribution < -0.4 is 5.32 Å². The summed E-state index contributed by atoms with van der Waals surface area (Å²) in [7, 11) is 0. The summed E-state index contributed by atoms with van der Waals surface area (Å²) in [5.74, 6) is -0.242. The fourth-order valence-electron chi connectivity index (χ4n) is 2.01. The highest BCUT2D eigenvalue weighted by Gasteiger charge is 2.09. The first kappa shape index (κ1) is 15.2. The van der Waals surface area contributed by atoms with Gasteiger partial charge < -0.3 is 9.72 Å². The molecule has 3 rings (SSSR count). The Kier molecular flexibility index (Phi) is 4.25. The van der Waals surface area contributed by atoms with Crippen LogP contribution in [-0.4, -0.2) is 15.3 Å². The van der Waals surface area contributed by atoms with Gasteiger partial charge in [-0.15, -0.1) is 0 Å². The molecule has 7 heteroatoms. The van der Waals surface area contributed by atoms with Crippen LogP contribution in [0.25, 0.3) is 5.65 Å². The van der Waals surface area contributed by atoms with Crippen molar-refractivity contribution >= 4 is 46.4 Å². The van der Waals surface area contributed by atoms with Gasteiger partial charge >= 0.3 is 0 Å². The summed E-state index contributed by atoms with van der Waals surface area (Å²) in [6.07, 6.45) is 3.65. The molecule has 1 aromatic carbocycles. The summed E-state index contributed by atoms with van der Waals surface area (Å²) in [6.45, 7) is 0.304. The maximum atomic E-state index is 12.1. The number of halogens is 3. The average molecular weight is 355 g/mol. The number of fused-ring (bicyclic) bond motifs is 1. The highest BCUT2D eigenvalue weighted by atomic mass is 35.5. The number of benzene rings is 1. The van der Waals surface area contributed by atoms with Crippen LogP contribution in [0.5, 0.6) is 0 Å². The third kappa shape index (κ3) is 3.19. The second-order valence-corrected chi connectivity index (χ2v) is 5.91. The monoisotopic (exact) mass is 353 g/mol. The van der Waals surface area contributed by atoms with E-state index in [1.807, 2.05) is 16.8 Å². The van der Waals surface area contributed by atoms with Crippen molar-refractivity contribution in [2.45, 2.75) is 6.54 Å². The minimum Gasteiger partial charge on any atom is -0.346 e. The number of aromatic nitrogens is 2. The number of nitrogens with one attached hydrogen (secondary N) is 1. The van der Waals surface area contributed by atoms with E-state index >= 15 is 0 Å². The lowest BCUT2D eigenvalue weighted by atomic mass is 10.2. The largest absolute Gasteiger partial charge is 0.346 e. The van der Waals surface area contributed by atoms with Crippen molar-refractivity contribution in [1.29, 1.82) is 0 Å². The molecule has 0 saturated carbocycles. The van der Waals surface area contributed by atoms with E-state index in [1.54, 1.807) is 24.3 Å². The predicted molar refractivity (Wildman–Crippen MR) is 87.8 cm³/mol. The van der Waals surface area contributed by atoms with Gasteiger partial charge in [-0.1, -0.05) is 34.8 Å². The maximum absolute atomic E-state index is 12.1. The molecule has 22 heavy (non-hydrogen) atoms. The molecule has 0 aliphatic heterocycles. The van der Waals surface area contributed by atoms with Gasteiger partial charge in [0, 0.05) is 23.0 Å². The molecule has 2 aromatic heterocycles. The Morgan fingerprint density at radius 2 is 1.95 bits per heavy atom. The van der Waals surface area contributed by atoms with E-state index in [-0.39, 0.29) is 5.91 Å². The minimum absolute atomic E-state index is 0.242. The van der Waals surface area contributed by atoms with Crippen molar-refractivity contribution in [3.8, 4) is 0 Å². The third-order valence-electron chi connectivity index (χ3n) is 3.08. The molecule has 0 bridgehead atoms. The molecule has 4 nitrogen and oxygen atoms in total. The van der Waals surface area contributed by atoms with Gasteiger partial charge in [-0.25, -0.2) is 4.98 Å². The average Bonchev–Trinajstić information content (AvgIpc) is 2.89. The van der Waals surface area contributed by atoms with E-state index in [0.717, 1.165) is 11.3 Å². The van der Waals surface area contributed by atoms with E-state index in [1.165, 1.54) is 6.07 Å². The highest BCUT2D eigenvalue weighted by molar-refractivity contribution is 6.42. The number of hydrogen-bond acceptors (Lipinski definition) is 2. The van der Waals surface area contributed by atoms with E-state index in [0.29, 0.717) is 27.2 Å². The minimum atomic E-state index is -0.242. The molecule has 112 valence electrons. The normalized spacial score (nSPS) is 10.9. The molecule has 0 aliphatic rings. The zero-order chi connectivity index (χ0) is 15.7. The summed E-state index contributed by atoms with van der Waals surface area (Å²) in [4.78, 5) is 16.5. The molecule has 0 saturated heterocycles. The topological polar surface area (TPSA) is 46.4 Å². The van der Waals surface area contributed by atoms with E-state index < -0.39 is 0 Å². The standard InChI is InChI=1S/C15H10Cl3N3O/c16-10-3-4-21-8-11(20-14(21)6-10)7-19-15(22)9-1-2-12(17)13(18)5-9/h1-6,8H,7H2,(H,19,22). The molecule has 0 aliphatic carbocycles. The Morgan fingerprint density at radius 1 is 1.14 bits per heavy atom. The zero-order valence-electron chi connectivity index (χ0n) is 11.2. The van der Waals surface area contributed by atoms with Crippen LogP contribution in [0, 0.1) is 0 Å². The van der Waals surface area contributed by atoms with Crippen LogP contribution >= 0.6 is 34.8 Å². The Labute approximate surface area is 141 Å². The van der Waals surface area contributed by atoms with Gasteiger partial charge in [-0.05, 0) is 30.3 Å². The lowest BCUT2D eigenvalue weighted by Crippen LogP contribution is -2.22. The molecule has 0 fully saturated rings. The van der Waals surface area contributed by atoms with Crippen LogP contribution in [0.1, 0.15) is 16.1 Å². The van der Waals surface area contributed by atoms with Crippen molar-refractivity contribution in [2.24, 2.45) is 0 Å². The molecule has 1 amide bonds. The molecule has 1 N–H and O–H groups in total. The van der Waals surface area contributed by atoms with Crippen LogP contribution in [0.3, 0.4) is 0 Å². The number of pyridine rings is 1. The van der Waals surface area contributed by atoms with Crippen LogP contribution in [0.2, 0.25) is 15.1 Å². The second-order valence-electron chi connectivity index (χ2n) is 4.65. The van der Waals surface area contributed by atoms with Gasteiger partial charge in [0.1, 0.15) is 5.65 Å². The molecule has 0 atom stereocenters. The fourth-order valence-corrected chi connectivity index (χ4v) is 2.46. The van der Waals surface area contributed by atoms with Crippen molar-refractivity contribution < 1.29 is 4.79 Å². The summed E-state index contributed by atoms with van der Waals surface area (Å²) < 4.78 is 1.84. The van der Waals surface area contributed by atoms with E-state index in [4.69, 9.17) is 34.8 Å². The molecule has 2 heterocycles. The van der Waals surface area contributed by atoms with Crippen molar-refractivity contribution in [3.63, 3.8) is 0 Å². The number of imidazole rings is 1. The molecule has 0 radical (unpaired) electrons. The quantitative estimate of drug-likeness (QED) is 0.765. The Morgan fingerprint density at radius 3 is 2.73 bits per heavy atom. The lowest BCUT2D eigenvalue weighted by molar-refractivity contribution is 0.0950. The third-order valence-corrected chi connectivity index (χ3v) is 4.06. The van der Waals surface area contributed by atoms with Crippen molar-refractivity contribution in [2.75, 3.05) is 0 Å². The Balaban J connectivity index is 1.72. The number of carbonyl (C=O) groups excluding carboxylic acids is 1. The number of rotatable bonds is 3. The predicted octanol–water partition coefficient (Wildman–Crippen LogP) is 4.22. The lowest BCUT2D eigenvalue weighted by Gasteiger charge is -2.04. The Hall–Kier alpha value is -1.75. The molecule has 0 spiro atoms. The molecule has 0 unspecified atom stereocenters. The summed E-state index contributed by atoms with van der Waals surface area (Å²) in [5.41, 5.74) is 1.91. The molecular formula is C15H10Cl3N3O. The van der Waals surface area contributed by atoms with Gasteiger partial charge in [-0.3, -0.25) is 4.79 Å². The van der Waals surface area contributed by atoms with Crippen LogP contribution in [0.4, 0.5) is 0 Å². The summed E-state index contributed by atoms with van der Waals surface area (Å²) >= 11 is 17.6. The van der Waals surface area contributed by atoms with Crippen molar-refractivity contribution in [3.05, 3.63) is 69.1 Å². The van der Waals surface area contributed by atoms with Gasteiger partial charge in [0.15, 0.2) is 0 Å².